The molecule has 2 N–H and O–H groups in total. The van der Waals surface area contributed by atoms with Crippen LogP contribution in [0.1, 0.15) is 42.9 Å². The second-order valence-electron chi connectivity index (χ2n) is 5.74. The largest absolute Gasteiger partial charge is 0.373 e. The van der Waals surface area contributed by atoms with Crippen molar-refractivity contribution in [3.8, 4) is 0 Å². The highest BCUT2D eigenvalue weighted by Gasteiger charge is 2.30. The van der Waals surface area contributed by atoms with Crippen molar-refractivity contribution in [1.29, 1.82) is 0 Å². The first-order valence-electron chi connectivity index (χ1n) is 7.83. The van der Waals surface area contributed by atoms with Crippen molar-refractivity contribution in [3.63, 3.8) is 0 Å². The molecule has 23 heavy (non-hydrogen) atoms. The van der Waals surface area contributed by atoms with Gasteiger partial charge < -0.3 is 10.6 Å². The van der Waals surface area contributed by atoms with E-state index in [1.165, 1.54) is 4.31 Å². The summed E-state index contributed by atoms with van der Waals surface area (Å²) in [5.41, 5.74) is 1.89. The molecule has 2 aliphatic heterocycles. The minimum absolute atomic E-state index is 0. The fraction of sp³-hybridized carbons (Fsp3) is 0.714. The van der Waals surface area contributed by atoms with E-state index in [4.69, 9.17) is 0 Å². The SMILES string of the molecule is CCS(=O)(=O)N1CCc2c(nc(C3CCCN3)nc2NC)C1.Cl. The summed E-state index contributed by atoms with van der Waals surface area (Å²) in [6.07, 6.45) is 2.80. The molecule has 1 aromatic heterocycles. The highest BCUT2D eigenvalue weighted by molar-refractivity contribution is 7.89. The summed E-state index contributed by atoms with van der Waals surface area (Å²) in [5.74, 6) is 1.74. The second-order valence-corrected chi connectivity index (χ2v) is 8.00. The zero-order valence-electron chi connectivity index (χ0n) is 13.5. The Morgan fingerprint density at radius 2 is 2.17 bits per heavy atom. The van der Waals surface area contributed by atoms with Crippen LogP contribution < -0.4 is 10.6 Å². The quantitative estimate of drug-likeness (QED) is 0.834. The van der Waals surface area contributed by atoms with Crippen LogP contribution in [-0.2, 0) is 23.0 Å². The summed E-state index contributed by atoms with van der Waals surface area (Å²) in [6.45, 7) is 3.51. The summed E-state index contributed by atoms with van der Waals surface area (Å²) in [6, 6.07) is 0.176. The molecule has 0 bridgehead atoms. The van der Waals surface area contributed by atoms with Crippen molar-refractivity contribution in [1.82, 2.24) is 19.6 Å². The molecule has 0 aromatic carbocycles. The zero-order valence-corrected chi connectivity index (χ0v) is 15.1. The van der Waals surface area contributed by atoms with Crippen LogP contribution >= 0.6 is 12.4 Å². The number of hydrogen-bond acceptors (Lipinski definition) is 6. The molecule has 0 aliphatic carbocycles. The topological polar surface area (TPSA) is 87.2 Å². The van der Waals surface area contributed by atoms with E-state index in [9.17, 15) is 8.42 Å². The Morgan fingerprint density at radius 3 is 2.78 bits per heavy atom. The minimum atomic E-state index is -3.18. The predicted octanol–water partition coefficient (Wildman–Crippen LogP) is 1.07. The molecule has 1 fully saturated rings. The summed E-state index contributed by atoms with van der Waals surface area (Å²) in [4.78, 5) is 9.32. The fourth-order valence-electron chi connectivity index (χ4n) is 3.11. The average molecular weight is 362 g/mol. The third-order valence-corrected chi connectivity index (χ3v) is 6.24. The lowest BCUT2D eigenvalue weighted by Crippen LogP contribution is -2.38. The van der Waals surface area contributed by atoms with E-state index < -0.39 is 10.0 Å². The van der Waals surface area contributed by atoms with E-state index in [1.807, 2.05) is 7.05 Å². The zero-order chi connectivity index (χ0) is 15.7. The standard InChI is InChI=1S/C14H23N5O2S.ClH/c1-3-22(20,21)19-8-6-10-12(9-19)17-14(18-13(10)15-2)11-5-4-7-16-11;/h11,16H,3-9H2,1-2H3,(H,15,17,18);1H. The van der Waals surface area contributed by atoms with Gasteiger partial charge in [0.25, 0.3) is 0 Å². The summed E-state index contributed by atoms with van der Waals surface area (Å²) >= 11 is 0. The first-order valence-corrected chi connectivity index (χ1v) is 9.44. The lowest BCUT2D eigenvalue weighted by atomic mass is 10.1. The summed E-state index contributed by atoms with van der Waals surface area (Å²) < 4.78 is 25.8. The van der Waals surface area contributed by atoms with Crippen LogP contribution in [0.4, 0.5) is 5.82 Å². The van der Waals surface area contributed by atoms with Gasteiger partial charge in [0.1, 0.15) is 11.6 Å². The maximum absolute atomic E-state index is 12.1. The van der Waals surface area contributed by atoms with Crippen molar-refractivity contribution in [2.75, 3.05) is 31.2 Å². The Kier molecular flexibility index (Phi) is 5.83. The molecule has 0 radical (unpaired) electrons. The monoisotopic (exact) mass is 361 g/mol. The highest BCUT2D eigenvalue weighted by atomic mass is 35.5. The molecule has 1 aromatic rings. The van der Waals surface area contributed by atoms with Crippen LogP contribution in [0.3, 0.4) is 0 Å². The molecule has 1 saturated heterocycles. The van der Waals surface area contributed by atoms with Crippen molar-refractivity contribution in [3.05, 3.63) is 17.1 Å². The Hall–Kier alpha value is -0.960. The predicted molar refractivity (Wildman–Crippen MR) is 92.4 cm³/mol. The van der Waals surface area contributed by atoms with Crippen molar-refractivity contribution >= 4 is 28.2 Å². The smallest absolute Gasteiger partial charge is 0.214 e. The molecule has 9 heteroatoms. The van der Waals surface area contributed by atoms with Gasteiger partial charge in [0.2, 0.25) is 10.0 Å². The number of anilines is 1. The van der Waals surface area contributed by atoms with E-state index in [2.05, 4.69) is 20.6 Å². The van der Waals surface area contributed by atoms with Gasteiger partial charge in [0.15, 0.2) is 0 Å². The van der Waals surface area contributed by atoms with Crippen LogP contribution in [0, 0.1) is 0 Å². The van der Waals surface area contributed by atoms with Gasteiger partial charge in [0.05, 0.1) is 24.0 Å². The van der Waals surface area contributed by atoms with Gasteiger partial charge in [0, 0.05) is 19.2 Å². The lowest BCUT2D eigenvalue weighted by molar-refractivity contribution is 0.384. The number of nitrogens with one attached hydrogen (secondary N) is 2. The number of halogens is 1. The number of fused-ring (bicyclic) bond motifs is 1. The Morgan fingerprint density at radius 1 is 1.39 bits per heavy atom. The fourth-order valence-corrected chi connectivity index (χ4v) is 4.17. The van der Waals surface area contributed by atoms with Crippen LogP contribution in [0.15, 0.2) is 0 Å². The molecule has 0 saturated carbocycles. The van der Waals surface area contributed by atoms with E-state index in [-0.39, 0.29) is 24.2 Å². The Bertz CT molecular complexity index is 661. The van der Waals surface area contributed by atoms with Gasteiger partial charge in [-0.3, -0.25) is 0 Å². The van der Waals surface area contributed by atoms with Crippen LogP contribution in [0.2, 0.25) is 0 Å². The molecule has 0 spiro atoms. The first kappa shape index (κ1) is 18.4. The van der Waals surface area contributed by atoms with Gasteiger partial charge in [-0.1, -0.05) is 0 Å². The molecule has 0 amide bonds. The molecule has 1 unspecified atom stereocenters. The number of hydrogen-bond donors (Lipinski definition) is 2. The van der Waals surface area contributed by atoms with Crippen molar-refractivity contribution in [2.24, 2.45) is 0 Å². The average Bonchev–Trinajstić information content (AvgIpc) is 3.07. The number of rotatable bonds is 4. The number of nitrogens with zero attached hydrogens (tertiary/aromatic N) is 3. The molecule has 7 nitrogen and oxygen atoms in total. The molecule has 3 heterocycles. The van der Waals surface area contributed by atoms with Crippen LogP contribution in [0.25, 0.3) is 0 Å². The molecule has 1 atom stereocenters. The molecular formula is C14H24ClN5O2S. The van der Waals surface area contributed by atoms with E-state index in [0.717, 1.165) is 42.3 Å². The van der Waals surface area contributed by atoms with Gasteiger partial charge in [-0.25, -0.2) is 18.4 Å². The molecule has 130 valence electrons. The number of aromatic nitrogens is 2. The maximum atomic E-state index is 12.1. The Labute approximate surface area is 143 Å². The summed E-state index contributed by atoms with van der Waals surface area (Å²) in [7, 11) is -1.33. The van der Waals surface area contributed by atoms with E-state index in [1.54, 1.807) is 6.92 Å². The first-order chi connectivity index (χ1) is 10.5. The summed E-state index contributed by atoms with van der Waals surface area (Å²) in [5, 5.41) is 6.54. The van der Waals surface area contributed by atoms with E-state index in [0.29, 0.717) is 19.5 Å². The van der Waals surface area contributed by atoms with Gasteiger partial charge in [-0.2, -0.15) is 4.31 Å². The minimum Gasteiger partial charge on any atom is -0.373 e. The molecule has 2 aliphatic rings. The van der Waals surface area contributed by atoms with E-state index >= 15 is 0 Å². The third-order valence-electron chi connectivity index (χ3n) is 4.41. The lowest BCUT2D eigenvalue weighted by Gasteiger charge is -2.28. The molecular weight excluding hydrogens is 338 g/mol. The normalized spacial score (nSPS) is 21.6. The highest BCUT2D eigenvalue weighted by Crippen LogP contribution is 2.28. The van der Waals surface area contributed by atoms with Crippen LogP contribution in [0.5, 0.6) is 0 Å². The maximum Gasteiger partial charge on any atom is 0.214 e. The number of sulfonamides is 1. The third kappa shape index (κ3) is 3.60. The Balaban J connectivity index is 0.00000192. The van der Waals surface area contributed by atoms with Gasteiger partial charge in [-0.05, 0) is 32.7 Å². The van der Waals surface area contributed by atoms with Crippen molar-refractivity contribution in [2.45, 2.75) is 38.8 Å². The van der Waals surface area contributed by atoms with Crippen LogP contribution in [-0.4, -0.2) is 48.6 Å². The second kappa shape index (κ2) is 7.29. The van der Waals surface area contributed by atoms with Gasteiger partial charge in [-0.15, -0.1) is 12.4 Å². The van der Waals surface area contributed by atoms with Crippen molar-refractivity contribution < 1.29 is 8.42 Å². The molecule has 3 rings (SSSR count). The van der Waals surface area contributed by atoms with Gasteiger partial charge >= 0.3 is 0 Å².